The van der Waals surface area contributed by atoms with Gasteiger partial charge in [0, 0.05) is 12.2 Å². The van der Waals surface area contributed by atoms with E-state index in [1.807, 2.05) is 0 Å². The fraction of sp³-hybridized carbons (Fsp3) is 0.533. The molecule has 1 aliphatic heterocycles. The molecule has 2 aromatic heterocycles. The summed E-state index contributed by atoms with van der Waals surface area (Å²) in [6, 6.07) is 0.823. The number of carbonyl (C=O) groups excluding carboxylic acids is 1. The van der Waals surface area contributed by atoms with Crippen LogP contribution in [0.3, 0.4) is 0 Å². The monoisotopic (exact) mass is 366 g/mol. The molecule has 25 heavy (non-hydrogen) atoms. The van der Waals surface area contributed by atoms with Crippen molar-refractivity contribution < 1.29 is 13.2 Å². The Labute approximate surface area is 145 Å². The van der Waals surface area contributed by atoms with Crippen LogP contribution >= 0.6 is 0 Å². The molecule has 4 N–H and O–H groups in total. The van der Waals surface area contributed by atoms with E-state index in [9.17, 15) is 13.2 Å². The van der Waals surface area contributed by atoms with Gasteiger partial charge in [0.2, 0.25) is 0 Å². The lowest BCUT2D eigenvalue weighted by Crippen LogP contribution is -2.54. The lowest BCUT2D eigenvalue weighted by molar-refractivity contribution is 0.249. The zero-order valence-electron chi connectivity index (χ0n) is 14.1. The summed E-state index contributed by atoms with van der Waals surface area (Å²) in [7, 11) is -3.51. The predicted octanol–water partition coefficient (Wildman–Crippen LogP) is 0.981. The third kappa shape index (κ3) is 3.74. The molecule has 2 amide bonds. The molecule has 10 heteroatoms. The summed E-state index contributed by atoms with van der Waals surface area (Å²) in [6.45, 7) is 3.97. The Morgan fingerprint density at radius 2 is 2.20 bits per heavy atom. The minimum absolute atomic E-state index is 0.254. The maximum absolute atomic E-state index is 12.6. The molecule has 2 aromatic rings. The van der Waals surface area contributed by atoms with Gasteiger partial charge in [0.15, 0.2) is 21.3 Å². The summed E-state index contributed by atoms with van der Waals surface area (Å²) in [4.78, 5) is 23.6. The van der Waals surface area contributed by atoms with Gasteiger partial charge < -0.3 is 15.6 Å². The van der Waals surface area contributed by atoms with Gasteiger partial charge in [-0.2, -0.15) is 0 Å². The molecular weight excluding hydrogens is 344 g/mol. The van der Waals surface area contributed by atoms with Gasteiger partial charge in [-0.15, -0.1) is 0 Å². The standard InChI is InChI=1S/C15H22N6O3S/c1-9(2)25(23,24)14(11-4-3-6-16-11)21-15(22)20-12-8-18-13-10(19-12)5-7-17-13/h5,7-9,11,14,16H,3-4,6H2,1-2H3,(H,17,18)(H2,19,20,21,22). The first-order valence-electron chi connectivity index (χ1n) is 8.21. The predicted molar refractivity (Wildman–Crippen MR) is 94.9 cm³/mol. The molecule has 3 heterocycles. The molecule has 0 bridgehead atoms. The van der Waals surface area contributed by atoms with Crippen LogP contribution in [0.25, 0.3) is 11.2 Å². The molecule has 2 unspecified atom stereocenters. The Morgan fingerprint density at radius 1 is 1.40 bits per heavy atom. The van der Waals surface area contributed by atoms with E-state index in [0.29, 0.717) is 17.6 Å². The number of fused-ring (bicyclic) bond motifs is 1. The van der Waals surface area contributed by atoms with E-state index in [1.54, 1.807) is 26.1 Å². The number of hydrogen-bond donors (Lipinski definition) is 4. The Morgan fingerprint density at radius 3 is 2.88 bits per heavy atom. The van der Waals surface area contributed by atoms with Gasteiger partial charge >= 0.3 is 6.03 Å². The molecule has 3 rings (SSSR count). The Hall–Kier alpha value is -2.20. The van der Waals surface area contributed by atoms with Crippen LogP contribution in [0.15, 0.2) is 18.5 Å². The van der Waals surface area contributed by atoms with Crippen molar-refractivity contribution in [3.05, 3.63) is 18.5 Å². The van der Waals surface area contributed by atoms with E-state index in [-0.39, 0.29) is 11.9 Å². The molecular formula is C15H22N6O3S. The molecule has 1 aliphatic rings. The normalized spacial score (nSPS) is 19.2. The van der Waals surface area contributed by atoms with Gasteiger partial charge in [-0.05, 0) is 39.3 Å². The summed E-state index contributed by atoms with van der Waals surface area (Å²) < 4.78 is 25.3. The number of anilines is 1. The fourth-order valence-electron chi connectivity index (χ4n) is 2.85. The third-order valence-corrected chi connectivity index (χ3v) is 6.72. The minimum Gasteiger partial charge on any atom is -0.345 e. The molecule has 9 nitrogen and oxygen atoms in total. The van der Waals surface area contributed by atoms with E-state index in [4.69, 9.17) is 0 Å². The van der Waals surface area contributed by atoms with Crippen molar-refractivity contribution in [3.8, 4) is 0 Å². The molecule has 136 valence electrons. The number of urea groups is 1. The van der Waals surface area contributed by atoms with Crippen LogP contribution in [-0.4, -0.2) is 52.6 Å². The van der Waals surface area contributed by atoms with Crippen molar-refractivity contribution in [1.82, 2.24) is 25.6 Å². The Kier molecular flexibility index (Phi) is 4.91. The molecule has 0 aliphatic carbocycles. The van der Waals surface area contributed by atoms with Crippen LogP contribution < -0.4 is 16.0 Å². The number of sulfone groups is 1. The van der Waals surface area contributed by atoms with E-state index in [1.165, 1.54) is 6.20 Å². The zero-order valence-corrected chi connectivity index (χ0v) is 14.9. The van der Waals surface area contributed by atoms with Gasteiger partial charge in [-0.1, -0.05) is 0 Å². The van der Waals surface area contributed by atoms with E-state index in [0.717, 1.165) is 13.0 Å². The number of nitrogens with one attached hydrogen (secondary N) is 4. The quantitative estimate of drug-likeness (QED) is 0.624. The van der Waals surface area contributed by atoms with Crippen LogP contribution in [0.5, 0.6) is 0 Å². The van der Waals surface area contributed by atoms with Crippen LogP contribution in [0.1, 0.15) is 26.7 Å². The van der Waals surface area contributed by atoms with Crippen LogP contribution in [0.2, 0.25) is 0 Å². The number of H-pyrrole nitrogens is 1. The van der Waals surface area contributed by atoms with Crippen molar-refractivity contribution >= 4 is 32.9 Å². The summed E-state index contributed by atoms with van der Waals surface area (Å²) in [5.74, 6) is 0.254. The summed E-state index contributed by atoms with van der Waals surface area (Å²) >= 11 is 0. The smallest absolute Gasteiger partial charge is 0.321 e. The SMILES string of the molecule is CC(C)S(=O)(=O)C(NC(=O)Nc1cnc2[nH]ccc2n1)C1CCCN1. The van der Waals surface area contributed by atoms with Gasteiger partial charge in [-0.25, -0.2) is 23.2 Å². The van der Waals surface area contributed by atoms with Crippen molar-refractivity contribution in [2.75, 3.05) is 11.9 Å². The first-order valence-corrected chi connectivity index (χ1v) is 9.82. The highest BCUT2D eigenvalue weighted by Gasteiger charge is 2.38. The highest BCUT2D eigenvalue weighted by molar-refractivity contribution is 7.92. The molecule has 0 saturated carbocycles. The molecule has 0 aromatic carbocycles. The maximum atomic E-state index is 12.6. The molecule has 0 radical (unpaired) electrons. The van der Waals surface area contributed by atoms with E-state index in [2.05, 4.69) is 30.9 Å². The third-order valence-electron chi connectivity index (χ3n) is 4.25. The summed E-state index contributed by atoms with van der Waals surface area (Å²) in [5, 5.41) is 6.73. The van der Waals surface area contributed by atoms with Gasteiger partial charge in [0.25, 0.3) is 0 Å². The highest BCUT2D eigenvalue weighted by atomic mass is 32.2. The zero-order chi connectivity index (χ0) is 18.0. The van der Waals surface area contributed by atoms with Crippen LogP contribution in [0.4, 0.5) is 10.6 Å². The molecule has 1 saturated heterocycles. The molecule has 2 atom stereocenters. The number of rotatable bonds is 5. The van der Waals surface area contributed by atoms with E-state index < -0.39 is 26.5 Å². The van der Waals surface area contributed by atoms with Crippen LogP contribution in [-0.2, 0) is 9.84 Å². The van der Waals surface area contributed by atoms with Gasteiger partial charge in [-0.3, -0.25) is 5.32 Å². The minimum atomic E-state index is -3.51. The fourth-order valence-corrected chi connectivity index (χ4v) is 4.39. The second-order valence-corrected chi connectivity index (χ2v) is 8.96. The lowest BCUT2D eigenvalue weighted by atomic mass is 10.2. The van der Waals surface area contributed by atoms with Crippen molar-refractivity contribution in [3.63, 3.8) is 0 Å². The number of nitrogens with zero attached hydrogens (tertiary/aromatic N) is 2. The van der Waals surface area contributed by atoms with Crippen molar-refractivity contribution in [1.29, 1.82) is 0 Å². The second-order valence-electron chi connectivity index (χ2n) is 6.33. The number of aromatic nitrogens is 3. The Balaban J connectivity index is 1.75. The molecule has 1 fully saturated rings. The van der Waals surface area contributed by atoms with Crippen LogP contribution in [0, 0.1) is 0 Å². The topological polar surface area (TPSA) is 129 Å². The average molecular weight is 366 g/mol. The number of amides is 2. The first-order chi connectivity index (χ1) is 11.9. The summed E-state index contributed by atoms with van der Waals surface area (Å²) in [5.41, 5.74) is 1.22. The maximum Gasteiger partial charge on any atom is 0.321 e. The van der Waals surface area contributed by atoms with Crippen molar-refractivity contribution in [2.45, 2.75) is 43.4 Å². The number of hydrogen-bond acceptors (Lipinski definition) is 6. The van der Waals surface area contributed by atoms with E-state index >= 15 is 0 Å². The van der Waals surface area contributed by atoms with Gasteiger partial charge in [0.05, 0.1) is 11.4 Å². The Bertz CT molecular complexity index is 857. The average Bonchev–Trinajstić information content (AvgIpc) is 3.23. The lowest BCUT2D eigenvalue weighted by Gasteiger charge is -2.26. The molecule has 0 spiro atoms. The second kappa shape index (κ2) is 6.96. The highest BCUT2D eigenvalue weighted by Crippen LogP contribution is 2.18. The number of aromatic amines is 1. The number of carbonyl (C=O) groups is 1. The summed E-state index contributed by atoms with van der Waals surface area (Å²) in [6.07, 6.45) is 4.70. The van der Waals surface area contributed by atoms with Crippen molar-refractivity contribution in [2.24, 2.45) is 0 Å². The first kappa shape index (κ1) is 17.6. The largest absolute Gasteiger partial charge is 0.345 e. The van der Waals surface area contributed by atoms with Gasteiger partial charge in [0.1, 0.15) is 10.9 Å².